The van der Waals surface area contributed by atoms with Crippen LogP contribution in [0.15, 0.2) is 18.2 Å². The SMILES string of the molecule is CC(C)NCc1ccc(OCC(=O)N(C)C)c(Cl)c1. The van der Waals surface area contributed by atoms with E-state index >= 15 is 0 Å². The van der Waals surface area contributed by atoms with Crippen molar-refractivity contribution < 1.29 is 9.53 Å². The first kappa shape index (κ1) is 15.8. The summed E-state index contributed by atoms with van der Waals surface area (Å²) in [7, 11) is 3.38. The molecule has 0 aliphatic carbocycles. The quantitative estimate of drug-likeness (QED) is 0.872. The number of carbonyl (C=O) groups is 1. The maximum absolute atomic E-state index is 11.4. The number of nitrogens with zero attached hydrogens (tertiary/aromatic N) is 1. The molecule has 5 heteroatoms. The highest BCUT2D eigenvalue weighted by atomic mass is 35.5. The lowest BCUT2D eigenvalue weighted by Gasteiger charge is -2.13. The maximum Gasteiger partial charge on any atom is 0.259 e. The van der Waals surface area contributed by atoms with E-state index in [0.717, 1.165) is 12.1 Å². The predicted octanol–water partition coefficient (Wildman–Crippen LogP) is 2.31. The Hall–Kier alpha value is -1.26. The van der Waals surface area contributed by atoms with Gasteiger partial charge in [-0.3, -0.25) is 4.79 Å². The Morgan fingerprint density at radius 3 is 2.63 bits per heavy atom. The fraction of sp³-hybridized carbons (Fsp3) is 0.500. The summed E-state index contributed by atoms with van der Waals surface area (Å²) in [5.74, 6) is 0.437. The number of benzene rings is 1. The molecule has 1 N–H and O–H groups in total. The van der Waals surface area contributed by atoms with Gasteiger partial charge in [-0.25, -0.2) is 0 Å². The Kier molecular flexibility index (Phi) is 6.12. The van der Waals surface area contributed by atoms with Gasteiger partial charge in [0, 0.05) is 26.7 Å². The summed E-state index contributed by atoms with van der Waals surface area (Å²) in [5.41, 5.74) is 1.09. The Balaban J connectivity index is 2.59. The number of halogens is 1. The highest BCUT2D eigenvalue weighted by molar-refractivity contribution is 6.32. The van der Waals surface area contributed by atoms with Gasteiger partial charge in [0.2, 0.25) is 0 Å². The van der Waals surface area contributed by atoms with Gasteiger partial charge >= 0.3 is 0 Å². The summed E-state index contributed by atoms with van der Waals surface area (Å²) >= 11 is 6.13. The molecule has 0 radical (unpaired) electrons. The van der Waals surface area contributed by atoms with Crippen LogP contribution in [0.4, 0.5) is 0 Å². The van der Waals surface area contributed by atoms with Crippen LogP contribution in [0.3, 0.4) is 0 Å². The number of carbonyl (C=O) groups excluding carboxylic acids is 1. The van der Waals surface area contributed by atoms with Crippen molar-refractivity contribution in [2.45, 2.75) is 26.4 Å². The van der Waals surface area contributed by atoms with E-state index < -0.39 is 0 Å². The normalized spacial score (nSPS) is 10.6. The third kappa shape index (κ3) is 5.49. The van der Waals surface area contributed by atoms with Crippen molar-refractivity contribution in [3.8, 4) is 5.75 Å². The first-order valence-electron chi connectivity index (χ1n) is 6.25. The number of hydrogen-bond acceptors (Lipinski definition) is 3. The van der Waals surface area contributed by atoms with Crippen molar-refractivity contribution in [3.63, 3.8) is 0 Å². The standard InChI is InChI=1S/C14H21ClN2O2/c1-10(2)16-8-11-5-6-13(12(15)7-11)19-9-14(18)17(3)4/h5-7,10,16H,8-9H2,1-4H3. The first-order chi connectivity index (χ1) is 8.90. The van der Waals surface area contributed by atoms with Crippen LogP contribution < -0.4 is 10.1 Å². The molecule has 0 saturated carbocycles. The van der Waals surface area contributed by atoms with E-state index in [1.165, 1.54) is 4.90 Å². The van der Waals surface area contributed by atoms with E-state index in [4.69, 9.17) is 16.3 Å². The van der Waals surface area contributed by atoms with Gasteiger partial charge in [-0.05, 0) is 17.7 Å². The van der Waals surface area contributed by atoms with Crippen LogP contribution in [0.2, 0.25) is 5.02 Å². The van der Waals surface area contributed by atoms with Gasteiger partial charge < -0.3 is 15.0 Å². The summed E-state index contributed by atoms with van der Waals surface area (Å²) in [6, 6.07) is 6.01. The van der Waals surface area contributed by atoms with Gasteiger partial charge in [0.1, 0.15) is 5.75 Å². The minimum absolute atomic E-state index is 0.00366. The van der Waals surface area contributed by atoms with E-state index in [0.29, 0.717) is 16.8 Å². The smallest absolute Gasteiger partial charge is 0.259 e. The highest BCUT2D eigenvalue weighted by Crippen LogP contribution is 2.25. The van der Waals surface area contributed by atoms with Crippen LogP contribution in [0.1, 0.15) is 19.4 Å². The van der Waals surface area contributed by atoms with Crippen molar-refractivity contribution >= 4 is 17.5 Å². The molecule has 0 aromatic heterocycles. The molecule has 0 saturated heterocycles. The summed E-state index contributed by atoms with van der Waals surface area (Å²) in [4.78, 5) is 12.9. The van der Waals surface area contributed by atoms with E-state index in [2.05, 4.69) is 19.2 Å². The van der Waals surface area contributed by atoms with Crippen molar-refractivity contribution in [3.05, 3.63) is 28.8 Å². The molecule has 4 nitrogen and oxygen atoms in total. The molecular formula is C14H21ClN2O2. The van der Waals surface area contributed by atoms with Crippen molar-refractivity contribution in [2.24, 2.45) is 0 Å². The average molecular weight is 285 g/mol. The van der Waals surface area contributed by atoms with Gasteiger partial charge in [-0.15, -0.1) is 0 Å². The number of amides is 1. The summed E-state index contributed by atoms with van der Waals surface area (Å²) in [6.45, 7) is 4.93. The molecule has 1 aromatic carbocycles. The molecule has 0 spiro atoms. The molecule has 0 aliphatic heterocycles. The van der Waals surface area contributed by atoms with Gasteiger partial charge in [-0.2, -0.15) is 0 Å². The lowest BCUT2D eigenvalue weighted by molar-refractivity contribution is -0.130. The van der Waals surface area contributed by atoms with E-state index in [1.54, 1.807) is 20.2 Å². The van der Waals surface area contributed by atoms with Gasteiger partial charge in [0.15, 0.2) is 6.61 Å². The third-order valence-corrected chi connectivity index (χ3v) is 2.86. The fourth-order valence-corrected chi connectivity index (χ4v) is 1.62. The minimum atomic E-state index is -0.0957. The van der Waals surface area contributed by atoms with Gasteiger partial charge in [0.25, 0.3) is 5.91 Å². The van der Waals surface area contributed by atoms with Gasteiger partial charge in [-0.1, -0.05) is 31.5 Å². The van der Waals surface area contributed by atoms with Gasteiger partial charge in [0.05, 0.1) is 5.02 Å². The highest BCUT2D eigenvalue weighted by Gasteiger charge is 2.08. The second-order valence-corrected chi connectivity index (χ2v) is 5.28. The Morgan fingerprint density at radius 1 is 1.42 bits per heavy atom. The largest absolute Gasteiger partial charge is 0.482 e. The first-order valence-corrected chi connectivity index (χ1v) is 6.62. The second kappa shape index (κ2) is 7.36. The maximum atomic E-state index is 11.4. The Morgan fingerprint density at radius 2 is 2.11 bits per heavy atom. The molecule has 0 atom stereocenters. The molecule has 0 fully saturated rings. The third-order valence-electron chi connectivity index (χ3n) is 2.56. The molecule has 0 bridgehead atoms. The lowest BCUT2D eigenvalue weighted by Crippen LogP contribution is -2.27. The average Bonchev–Trinajstić information content (AvgIpc) is 2.34. The second-order valence-electron chi connectivity index (χ2n) is 4.88. The summed E-state index contributed by atoms with van der Waals surface area (Å²) in [6.07, 6.45) is 0. The molecule has 1 aromatic rings. The van der Waals surface area contributed by atoms with Crippen LogP contribution in [0, 0.1) is 0 Å². The molecule has 19 heavy (non-hydrogen) atoms. The predicted molar refractivity (Wildman–Crippen MR) is 77.6 cm³/mol. The van der Waals surface area contributed by atoms with Crippen LogP contribution in [0.5, 0.6) is 5.75 Å². The molecule has 106 valence electrons. The fourth-order valence-electron chi connectivity index (χ4n) is 1.36. The number of likely N-dealkylation sites (N-methyl/N-ethyl adjacent to an activating group) is 1. The van der Waals surface area contributed by atoms with Crippen molar-refractivity contribution in [2.75, 3.05) is 20.7 Å². The Labute approximate surface area is 119 Å². The molecule has 0 unspecified atom stereocenters. The minimum Gasteiger partial charge on any atom is -0.482 e. The zero-order valence-corrected chi connectivity index (χ0v) is 12.6. The topological polar surface area (TPSA) is 41.6 Å². The number of nitrogens with one attached hydrogen (secondary N) is 1. The molecule has 0 heterocycles. The molecule has 1 rings (SSSR count). The van der Waals surface area contributed by atoms with Crippen LogP contribution >= 0.6 is 11.6 Å². The van der Waals surface area contributed by atoms with Crippen LogP contribution in [-0.2, 0) is 11.3 Å². The van der Waals surface area contributed by atoms with Crippen molar-refractivity contribution in [1.29, 1.82) is 0 Å². The van der Waals surface area contributed by atoms with E-state index in [-0.39, 0.29) is 12.5 Å². The number of ether oxygens (including phenoxy) is 1. The Bertz CT molecular complexity index is 433. The summed E-state index contributed by atoms with van der Waals surface area (Å²) < 4.78 is 5.40. The number of rotatable bonds is 6. The zero-order valence-electron chi connectivity index (χ0n) is 11.9. The van der Waals surface area contributed by atoms with E-state index in [1.807, 2.05) is 12.1 Å². The van der Waals surface area contributed by atoms with E-state index in [9.17, 15) is 4.79 Å². The summed E-state index contributed by atoms with van der Waals surface area (Å²) in [5, 5.41) is 3.84. The zero-order chi connectivity index (χ0) is 14.4. The lowest BCUT2D eigenvalue weighted by atomic mass is 10.2. The molecular weight excluding hydrogens is 264 g/mol. The molecule has 0 aliphatic rings. The monoisotopic (exact) mass is 284 g/mol. The van der Waals surface area contributed by atoms with Crippen molar-refractivity contribution in [1.82, 2.24) is 10.2 Å². The molecule has 1 amide bonds. The van der Waals surface area contributed by atoms with Crippen LogP contribution in [0.25, 0.3) is 0 Å². The van der Waals surface area contributed by atoms with Crippen LogP contribution in [-0.4, -0.2) is 37.6 Å². The number of hydrogen-bond donors (Lipinski definition) is 1.